The van der Waals surface area contributed by atoms with Crippen LogP contribution in [0.2, 0.25) is 10.0 Å². The molecule has 0 amide bonds. The van der Waals surface area contributed by atoms with E-state index in [1.54, 1.807) is 12.1 Å². The average molecular weight is 374 g/mol. The largest absolute Gasteiger partial charge is 0.465 e. The van der Waals surface area contributed by atoms with E-state index in [2.05, 4.69) is 17.5 Å². The Hall–Kier alpha value is -1.97. The Balaban J connectivity index is 1.79. The lowest BCUT2D eigenvalue weighted by atomic mass is 9.76. The van der Waals surface area contributed by atoms with Crippen molar-refractivity contribution in [1.82, 2.24) is 0 Å². The van der Waals surface area contributed by atoms with Crippen LogP contribution in [0.3, 0.4) is 0 Å². The average Bonchev–Trinajstić information content (AvgIpc) is 3.12. The molecule has 25 heavy (non-hydrogen) atoms. The SMILES string of the molecule is COC(=O)c1ccc2c(c1)[C@@H]1C=CC[C@H]1[C@@H](c1cccc(Cl)c1Cl)N2. The topological polar surface area (TPSA) is 38.3 Å². The van der Waals surface area contributed by atoms with E-state index >= 15 is 0 Å². The summed E-state index contributed by atoms with van der Waals surface area (Å²) in [7, 11) is 1.40. The molecule has 0 unspecified atom stereocenters. The lowest BCUT2D eigenvalue weighted by Gasteiger charge is -2.38. The second-order valence-electron chi connectivity index (χ2n) is 6.41. The standard InChI is InChI=1S/C20H17Cl2NO2/c1-25-20(24)11-8-9-17-15(10-11)12-4-2-5-13(12)19(23-17)14-6-3-7-16(21)18(14)22/h2-4,6-10,12-13,19,23H,5H2,1H3/t12-,13-,19+/m1/s1. The summed E-state index contributed by atoms with van der Waals surface area (Å²) < 4.78 is 4.85. The molecule has 1 aliphatic heterocycles. The number of halogens is 2. The van der Waals surface area contributed by atoms with Crippen molar-refractivity contribution in [2.45, 2.75) is 18.4 Å². The van der Waals surface area contributed by atoms with Gasteiger partial charge in [0.1, 0.15) is 0 Å². The van der Waals surface area contributed by atoms with Gasteiger partial charge in [-0.15, -0.1) is 0 Å². The first-order valence-electron chi connectivity index (χ1n) is 8.19. The highest BCUT2D eigenvalue weighted by molar-refractivity contribution is 6.42. The Morgan fingerprint density at radius 3 is 2.84 bits per heavy atom. The van der Waals surface area contributed by atoms with Crippen LogP contribution < -0.4 is 5.32 Å². The molecule has 0 aromatic heterocycles. The third-order valence-corrected chi connectivity index (χ3v) is 5.93. The number of ether oxygens (including phenoxy) is 1. The monoisotopic (exact) mass is 373 g/mol. The minimum Gasteiger partial charge on any atom is -0.465 e. The predicted molar refractivity (Wildman–Crippen MR) is 101 cm³/mol. The molecule has 1 N–H and O–H groups in total. The van der Waals surface area contributed by atoms with E-state index in [4.69, 9.17) is 27.9 Å². The maximum Gasteiger partial charge on any atom is 0.337 e. The van der Waals surface area contributed by atoms with Crippen LogP contribution >= 0.6 is 23.2 Å². The molecule has 128 valence electrons. The summed E-state index contributed by atoms with van der Waals surface area (Å²) in [6.45, 7) is 0. The summed E-state index contributed by atoms with van der Waals surface area (Å²) >= 11 is 12.7. The van der Waals surface area contributed by atoms with Gasteiger partial charge in [-0.1, -0.05) is 47.5 Å². The van der Waals surface area contributed by atoms with E-state index < -0.39 is 0 Å². The second kappa shape index (κ2) is 6.40. The summed E-state index contributed by atoms with van der Waals surface area (Å²) in [4.78, 5) is 11.9. The number of rotatable bonds is 2. The number of anilines is 1. The van der Waals surface area contributed by atoms with E-state index in [1.165, 1.54) is 7.11 Å². The molecule has 0 bridgehead atoms. The molecule has 4 rings (SSSR count). The fraction of sp³-hybridized carbons (Fsp3) is 0.250. The molecular formula is C20H17Cl2NO2. The van der Waals surface area contributed by atoms with Crippen LogP contribution in [-0.2, 0) is 4.74 Å². The zero-order chi connectivity index (χ0) is 17.6. The van der Waals surface area contributed by atoms with Gasteiger partial charge < -0.3 is 10.1 Å². The molecule has 2 aromatic carbocycles. The van der Waals surface area contributed by atoms with E-state index in [9.17, 15) is 4.79 Å². The quantitative estimate of drug-likeness (QED) is 0.549. The van der Waals surface area contributed by atoms with Gasteiger partial charge in [0.2, 0.25) is 0 Å². The maximum absolute atomic E-state index is 11.9. The highest BCUT2D eigenvalue weighted by Crippen LogP contribution is 2.51. The summed E-state index contributed by atoms with van der Waals surface area (Å²) in [5, 5.41) is 4.77. The molecule has 2 aromatic rings. The maximum atomic E-state index is 11.9. The van der Waals surface area contributed by atoms with E-state index in [1.807, 2.05) is 24.3 Å². The molecular weight excluding hydrogens is 357 g/mol. The Bertz CT molecular complexity index is 878. The van der Waals surface area contributed by atoms with Crippen LogP contribution in [0, 0.1) is 5.92 Å². The number of fused-ring (bicyclic) bond motifs is 3. The van der Waals surface area contributed by atoms with Gasteiger partial charge >= 0.3 is 5.97 Å². The van der Waals surface area contributed by atoms with Crippen molar-refractivity contribution in [3.05, 3.63) is 75.3 Å². The number of hydrogen-bond acceptors (Lipinski definition) is 3. The summed E-state index contributed by atoms with van der Waals surface area (Å²) in [6.07, 6.45) is 5.37. The van der Waals surface area contributed by atoms with Gasteiger partial charge in [0.05, 0.1) is 28.8 Å². The van der Waals surface area contributed by atoms with Gasteiger partial charge in [-0.25, -0.2) is 4.79 Å². The minimum absolute atomic E-state index is 0.0719. The Labute approximate surface area is 156 Å². The Kier molecular flexibility index (Phi) is 4.22. The van der Waals surface area contributed by atoms with Crippen LogP contribution in [0.4, 0.5) is 5.69 Å². The van der Waals surface area contributed by atoms with Gasteiger partial charge in [0.15, 0.2) is 0 Å². The number of benzene rings is 2. The number of methoxy groups -OCH3 is 1. The van der Waals surface area contributed by atoms with Crippen LogP contribution in [-0.4, -0.2) is 13.1 Å². The van der Waals surface area contributed by atoms with Gasteiger partial charge in [-0.05, 0) is 47.7 Å². The summed E-state index contributed by atoms with van der Waals surface area (Å²) in [6, 6.07) is 11.5. The lowest BCUT2D eigenvalue weighted by molar-refractivity contribution is 0.0600. The fourth-order valence-electron chi connectivity index (χ4n) is 3.91. The van der Waals surface area contributed by atoms with Crippen LogP contribution in [0.15, 0.2) is 48.6 Å². The number of nitrogens with one attached hydrogen (secondary N) is 1. The molecule has 5 heteroatoms. The first kappa shape index (κ1) is 16.5. The number of carbonyl (C=O) groups excluding carboxylic acids is 1. The van der Waals surface area contributed by atoms with Crippen molar-refractivity contribution in [3.63, 3.8) is 0 Å². The highest BCUT2D eigenvalue weighted by atomic mass is 35.5. The van der Waals surface area contributed by atoms with Crippen molar-refractivity contribution in [1.29, 1.82) is 0 Å². The molecule has 0 fully saturated rings. The zero-order valence-electron chi connectivity index (χ0n) is 13.6. The molecule has 2 aliphatic rings. The Morgan fingerprint density at radius 1 is 1.20 bits per heavy atom. The van der Waals surface area contributed by atoms with Gasteiger partial charge in [0, 0.05) is 11.6 Å². The van der Waals surface area contributed by atoms with Crippen LogP contribution in [0.25, 0.3) is 0 Å². The molecule has 3 atom stereocenters. The van der Waals surface area contributed by atoms with Gasteiger partial charge in [-0.3, -0.25) is 0 Å². The number of carbonyl (C=O) groups is 1. The smallest absolute Gasteiger partial charge is 0.337 e. The van der Waals surface area contributed by atoms with Crippen molar-refractivity contribution in [2.24, 2.45) is 5.92 Å². The molecule has 3 nitrogen and oxygen atoms in total. The third kappa shape index (κ3) is 2.72. The van der Waals surface area contributed by atoms with Crippen LogP contribution in [0.1, 0.15) is 39.9 Å². The van der Waals surface area contributed by atoms with Gasteiger partial charge in [0.25, 0.3) is 0 Å². The molecule has 0 spiro atoms. The Morgan fingerprint density at radius 2 is 2.04 bits per heavy atom. The second-order valence-corrected chi connectivity index (χ2v) is 7.20. The van der Waals surface area contributed by atoms with Crippen molar-refractivity contribution >= 4 is 34.9 Å². The van der Waals surface area contributed by atoms with E-state index in [0.717, 1.165) is 23.2 Å². The van der Waals surface area contributed by atoms with Crippen molar-refractivity contribution in [3.8, 4) is 0 Å². The van der Waals surface area contributed by atoms with Gasteiger partial charge in [-0.2, -0.15) is 0 Å². The lowest BCUT2D eigenvalue weighted by Crippen LogP contribution is -2.29. The molecule has 0 saturated heterocycles. The molecule has 1 heterocycles. The van der Waals surface area contributed by atoms with E-state index in [0.29, 0.717) is 21.5 Å². The predicted octanol–water partition coefficient (Wildman–Crippen LogP) is 5.61. The fourth-order valence-corrected chi connectivity index (χ4v) is 4.33. The minimum atomic E-state index is -0.318. The number of allylic oxidation sites excluding steroid dienone is 2. The van der Waals surface area contributed by atoms with Crippen molar-refractivity contribution in [2.75, 3.05) is 12.4 Å². The zero-order valence-corrected chi connectivity index (χ0v) is 15.1. The van der Waals surface area contributed by atoms with E-state index in [-0.39, 0.29) is 17.9 Å². The highest BCUT2D eigenvalue weighted by Gasteiger charge is 2.39. The van der Waals surface area contributed by atoms with Crippen molar-refractivity contribution < 1.29 is 9.53 Å². The molecule has 0 radical (unpaired) electrons. The number of esters is 1. The van der Waals surface area contributed by atoms with Crippen LogP contribution in [0.5, 0.6) is 0 Å². The summed E-state index contributed by atoms with van der Waals surface area (Å²) in [5.41, 5.74) is 3.72. The molecule has 0 saturated carbocycles. The number of hydrogen-bond donors (Lipinski definition) is 1. The first-order chi connectivity index (χ1) is 12.1. The molecule has 1 aliphatic carbocycles. The summed E-state index contributed by atoms with van der Waals surface area (Å²) in [5.74, 6) is 0.249. The third-order valence-electron chi connectivity index (χ3n) is 5.10. The normalized spacial score (nSPS) is 23.6. The first-order valence-corrected chi connectivity index (χ1v) is 8.95.